The molecule has 0 N–H and O–H groups in total. The van der Waals surface area contributed by atoms with Crippen LogP contribution in [-0.2, 0) is 0 Å². The summed E-state index contributed by atoms with van der Waals surface area (Å²) in [6, 6.07) is 5.48. The number of methoxy groups -OCH3 is 1. The summed E-state index contributed by atoms with van der Waals surface area (Å²) in [6.07, 6.45) is 0.976. The highest BCUT2D eigenvalue weighted by molar-refractivity contribution is 9.10. The van der Waals surface area contributed by atoms with E-state index in [1.807, 2.05) is 17.0 Å². The largest absolute Gasteiger partial charge is 0.497 e. The van der Waals surface area contributed by atoms with Gasteiger partial charge in [-0.2, -0.15) is 0 Å². The summed E-state index contributed by atoms with van der Waals surface area (Å²) in [4.78, 5) is 16.9. The van der Waals surface area contributed by atoms with Gasteiger partial charge >= 0.3 is 0 Å². The van der Waals surface area contributed by atoms with Gasteiger partial charge < -0.3 is 14.5 Å². The summed E-state index contributed by atoms with van der Waals surface area (Å²) in [6.45, 7) is 4.27. The number of hydrogen-bond acceptors (Lipinski definition) is 3. The molecule has 1 saturated heterocycles. The van der Waals surface area contributed by atoms with Gasteiger partial charge in [-0.25, -0.2) is 0 Å². The van der Waals surface area contributed by atoms with Gasteiger partial charge in [-0.15, -0.1) is 11.6 Å². The Balaban J connectivity index is 2.09. The lowest BCUT2D eigenvalue weighted by atomic mass is 10.2. The van der Waals surface area contributed by atoms with Crippen LogP contribution in [-0.4, -0.2) is 61.4 Å². The lowest BCUT2D eigenvalue weighted by Crippen LogP contribution is -2.35. The van der Waals surface area contributed by atoms with Crippen molar-refractivity contribution in [3.05, 3.63) is 28.2 Å². The van der Waals surface area contributed by atoms with Crippen LogP contribution in [0.25, 0.3) is 0 Å². The molecular formula is C15H20BrClN2O2. The van der Waals surface area contributed by atoms with E-state index in [9.17, 15) is 4.79 Å². The monoisotopic (exact) mass is 374 g/mol. The van der Waals surface area contributed by atoms with Crippen molar-refractivity contribution in [2.24, 2.45) is 0 Å². The fourth-order valence-corrected chi connectivity index (χ4v) is 3.14. The van der Waals surface area contributed by atoms with Crippen molar-refractivity contribution < 1.29 is 9.53 Å². The van der Waals surface area contributed by atoms with Gasteiger partial charge in [-0.1, -0.05) is 0 Å². The molecule has 4 nitrogen and oxygen atoms in total. The molecule has 1 heterocycles. The van der Waals surface area contributed by atoms with Gasteiger partial charge in [0.15, 0.2) is 0 Å². The van der Waals surface area contributed by atoms with Crippen LogP contribution in [0.15, 0.2) is 22.7 Å². The number of amides is 1. The fraction of sp³-hybridized carbons (Fsp3) is 0.533. The number of alkyl halides is 1. The number of ether oxygens (including phenoxy) is 1. The van der Waals surface area contributed by atoms with Crippen molar-refractivity contribution in [3.63, 3.8) is 0 Å². The van der Waals surface area contributed by atoms with Crippen LogP contribution >= 0.6 is 27.5 Å². The highest BCUT2D eigenvalue weighted by atomic mass is 79.9. The van der Waals surface area contributed by atoms with Gasteiger partial charge in [-0.05, 0) is 47.1 Å². The summed E-state index contributed by atoms with van der Waals surface area (Å²) in [5, 5.41) is 0. The fourth-order valence-electron chi connectivity index (χ4n) is 2.48. The summed E-state index contributed by atoms with van der Waals surface area (Å²) in [5.74, 6) is 1.38. The van der Waals surface area contributed by atoms with Crippen LogP contribution in [0.1, 0.15) is 16.8 Å². The normalized spacial score (nSPS) is 16.6. The second-order valence-corrected chi connectivity index (χ2v) is 6.25. The Hall–Kier alpha value is -0.780. The van der Waals surface area contributed by atoms with E-state index in [2.05, 4.69) is 20.8 Å². The third-order valence-electron chi connectivity index (χ3n) is 3.68. The number of carbonyl (C=O) groups is 1. The van der Waals surface area contributed by atoms with Gasteiger partial charge in [0.2, 0.25) is 0 Å². The van der Waals surface area contributed by atoms with Crippen LogP contribution < -0.4 is 4.74 Å². The maximum atomic E-state index is 12.7. The molecule has 2 rings (SSSR count). The molecule has 0 spiro atoms. The first-order valence-electron chi connectivity index (χ1n) is 7.07. The SMILES string of the molecule is COc1ccc(Br)c(C(=O)N2CCCN(CCCl)CC2)c1. The van der Waals surface area contributed by atoms with Gasteiger partial charge in [0.25, 0.3) is 5.91 Å². The maximum absolute atomic E-state index is 12.7. The molecule has 0 aromatic heterocycles. The second kappa shape index (κ2) is 8.01. The summed E-state index contributed by atoms with van der Waals surface area (Å²) in [5.41, 5.74) is 0.653. The Morgan fingerprint density at radius 1 is 1.33 bits per heavy atom. The predicted octanol–water partition coefficient (Wildman–Crippen LogP) is 2.84. The first-order valence-corrected chi connectivity index (χ1v) is 8.39. The van der Waals surface area contributed by atoms with Crippen molar-refractivity contribution >= 4 is 33.4 Å². The van der Waals surface area contributed by atoms with Crippen molar-refractivity contribution in [1.29, 1.82) is 0 Å². The minimum absolute atomic E-state index is 0.0495. The molecule has 1 fully saturated rings. The first kappa shape index (κ1) is 16.6. The lowest BCUT2D eigenvalue weighted by Gasteiger charge is -2.22. The molecule has 1 aromatic carbocycles. The molecule has 1 aliphatic rings. The highest BCUT2D eigenvalue weighted by Crippen LogP contribution is 2.24. The summed E-state index contributed by atoms with van der Waals surface area (Å²) >= 11 is 9.25. The molecule has 0 saturated carbocycles. The van der Waals surface area contributed by atoms with E-state index >= 15 is 0 Å². The molecule has 0 radical (unpaired) electrons. The van der Waals surface area contributed by atoms with Crippen molar-refractivity contribution in [2.45, 2.75) is 6.42 Å². The molecule has 1 aromatic rings. The number of nitrogens with zero attached hydrogens (tertiary/aromatic N) is 2. The number of rotatable bonds is 4. The Morgan fingerprint density at radius 2 is 2.14 bits per heavy atom. The Labute approximate surface area is 139 Å². The van der Waals surface area contributed by atoms with Crippen LogP contribution in [0.3, 0.4) is 0 Å². The third-order valence-corrected chi connectivity index (χ3v) is 4.54. The van der Waals surface area contributed by atoms with Gasteiger partial charge in [0, 0.05) is 36.5 Å². The molecule has 0 bridgehead atoms. The number of halogens is 2. The molecule has 0 aliphatic carbocycles. The molecule has 116 valence electrons. The van der Waals surface area contributed by atoms with Crippen molar-refractivity contribution in [2.75, 3.05) is 45.7 Å². The molecule has 1 aliphatic heterocycles. The Bertz CT molecular complexity index is 499. The number of hydrogen-bond donors (Lipinski definition) is 0. The predicted molar refractivity (Wildman–Crippen MR) is 88.4 cm³/mol. The minimum Gasteiger partial charge on any atom is -0.497 e. The maximum Gasteiger partial charge on any atom is 0.255 e. The van der Waals surface area contributed by atoms with Gasteiger partial charge in [0.1, 0.15) is 5.75 Å². The zero-order valence-electron chi connectivity index (χ0n) is 12.1. The van der Waals surface area contributed by atoms with Crippen LogP contribution in [0.5, 0.6) is 5.75 Å². The van der Waals surface area contributed by atoms with Gasteiger partial charge in [0.05, 0.1) is 12.7 Å². The Morgan fingerprint density at radius 3 is 2.86 bits per heavy atom. The topological polar surface area (TPSA) is 32.8 Å². The smallest absolute Gasteiger partial charge is 0.255 e. The van der Waals surface area contributed by atoms with E-state index in [0.29, 0.717) is 17.2 Å². The highest BCUT2D eigenvalue weighted by Gasteiger charge is 2.22. The van der Waals surface area contributed by atoms with E-state index in [0.717, 1.165) is 43.6 Å². The zero-order chi connectivity index (χ0) is 15.2. The minimum atomic E-state index is 0.0495. The average molecular weight is 376 g/mol. The van der Waals surface area contributed by atoms with E-state index in [4.69, 9.17) is 16.3 Å². The molecule has 1 amide bonds. The summed E-state index contributed by atoms with van der Waals surface area (Å²) < 4.78 is 6.01. The summed E-state index contributed by atoms with van der Waals surface area (Å²) in [7, 11) is 1.60. The van der Waals surface area contributed by atoms with E-state index in [-0.39, 0.29) is 5.91 Å². The van der Waals surface area contributed by atoms with E-state index < -0.39 is 0 Å². The first-order chi connectivity index (χ1) is 10.2. The van der Waals surface area contributed by atoms with E-state index in [1.165, 1.54) is 0 Å². The third kappa shape index (κ3) is 4.34. The molecule has 21 heavy (non-hydrogen) atoms. The quantitative estimate of drug-likeness (QED) is 0.759. The standard InChI is InChI=1S/C15H20BrClN2O2/c1-21-12-3-4-14(16)13(11-12)15(20)19-7-2-6-18(8-5-17)9-10-19/h3-4,11H,2,5-10H2,1H3. The molecular weight excluding hydrogens is 356 g/mol. The zero-order valence-corrected chi connectivity index (χ0v) is 14.5. The van der Waals surface area contributed by atoms with Crippen LogP contribution in [0, 0.1) is 0 Å². The van der Waals surface area contributed by atoms with Gasteiger partial charge in [-0.3, -0.25) is 4.79 Å². The van der Waals surface area contributed by atoms with Crippen molar-refractivity contribution in [3.8, 4) is 5.75 Å². The molecule has 0 unspecified atom stereocenters. The van der Waals surface area contributed by atoms with Crippen molar-refractivity contribution in [1.82, 2.24) is 9.80 Å². The number of carbonyl (C=O) groups excluding carboxylic acids is 1. The Kier molecular flexibility index (Phi) is 6.33. The number of benzene rings is 1. The van der Waals surface area contributed by atoms with Crippen LogP contribution in [0.4, 0.5) is 0 Å². The molecule has 0 atom stereocenters. The van der Waals surface area contributed by atoms with E-state index in [1.54, 1.807) is 13.2 Å². The average Bonchev–Trinajstić information content (AvgIpc) is 2.73. The lowest BCUT2D eigenvalue weighted by molar-refractivity contribution is 0.0760. The molecule has 6 heteroatoms. The van der Waals surface area contributed by atoms with Crippen LogP contribution in [0.2, 0.25) is 0 Å². The second-order valence-electron chi connectivity index (χ2n) is 5.02.